The highest BCUT2D eigenvalue weighted by atomic mass is 32.2. The lowest BCUT2D eigenvalue weighted by Crippen LogP contribution is -2.38. The summed E-state index contributed by atoms with van der Waals surface area (Å²) in [6, 6.07) is 12.5. The van der Waals surface area contributed by atoms with E-state index in [1.165, 1.54) is 11.4 Å². The van der Waals surface area contributed by atoms with Crippen molar-refractivity contribution < 1.29 is 17.9 Å². The van der Waals surface area contributed by atoms with E-state index >= 15 is 0 Å². The van der Waals surface area contributed by atoms with E-state index in [1.807, 2.05) is 39.0 Å². The number of rotatable bonds is 7. The molecule has 0 saturated heterocycles. The average molecular weight is 391 g/mol. The minimum atomic E-state index is -3.65. The van der Waals surface area contributed by atoms with Gasteiger partial charge in [-0.05, 0) is 36.1 Å². The number of amides is 1. The van der Waals surface area contributed by atoms with Crippen LogP contribution in [0.3, 0.4) is 0 Å². The van der Waals surface area contributed by atoms with Gasteiger partial charge < -0.3 is 10.1 Å². The summed E-state index contributed by atoms with van der Waals surface area (Å²) in [5, 5.41) is 2.73. The monoisotopic (exact) mass is 390 g/mol. The van der Waals surface area contributed by atoms with Crippen molar-refractivity contribution in [1.82, 2.24) is 0 Å². The highest BCUT2D eigenvalue weighted by Gasteiger charge is 2.25. The summed E-state index contributed by atoms with van der Waals surface area (Å²) >= 11 is 0. The van der Waals surface area contributed by atoms with Crippen LogP contribution >= 0.6 is 0 Å². The zero-order valence-corrected chi connectivity index (χ0v) is 17.1. The molecule has 0 atom stereocenters. The van der Waals surface area contributed by atoms with Crippen molar-refractivity contribution in [2.45, 2.75) is 26.7 Å². The lowest BCUT2D eigenvalue weighted by Gasteiger charge is -2.27. The molecular formula is C20H26N2O4S. The number of ether oxygens (including phenoxy) is 1. The Balaban J connectivity index is 2.35. The highest BCUT2D eigenvalue weighted by Crippen LogP contribution is 2.32. The van der Waals surface area contributed by atoms with Crippen molar-refractivity contribution in [2.24, 2.45) is 0 Å². The molecule has 0 aliphatic heterocycles. The van der Waals surface area contributed by atoms with Crippen LogP contribution in [0.25, 0.3) is 0 Å². The van der Waals surface area contributed by atoms with Gasteiger partial charge in [-0.15, -0.1) is 0 Å². The molecule has 1 amide bonds. The number of nitrogens with one attached hydrogen (secondary N) is 1. The number of anilines is 2. The van der Waals surface area contributed by atoms with Gasteiger partial charge in [0.2, 0.25) is 15.9 Å². The number of para-hydroxylation sites is 1. The molecule has 2 aromatic rings. The number of benzene rings is 2. The fraction of sp³-hybridized carbons (Fsp3) is 0.350. The Labute approximate surface area is 161 Å². The van der Waals surface area contributed by atoms with E-state index in [0.29, 0.717) is 17.1 Å². The van der Waals surface area contributed by atoms with Crippen molar-refractivity contribution in [1.29, 1.82) is 0 Å². The Hall–Kier alpha value is -2.54. The lowest BCUT2D eigenvalue weighted by atomic mass is 9.98. The van der Waals surface area contributed by atoms with Crippen molar-refractivity contribution in [3.05, 3.63) is 53.6 Å². The van der Waals surface area contributed by atoms with E-state index in [2.05, 4.69) is 5.32 Å². The number of nitrogens with zero attached hydrogens (tertiary/aromatic N) is 1. The molecule has 146 valence electrons. The van der Waals surface area contributed by atoms with Gasteiger partial charge in [-0.1, -0.05) is 38.1 Å². The summed E-state index contributed by atoms with van der Waals surface area (Å²) in [5.74, 6) is 0.297. The summed E-state index contributed by atoms with van der Waals surface area (Å²) < 4.78 is 31.3. The molecule has 7 heteroatoms. The van der Waals surface area contributed by atoms with Crippen LogP contribution in [-0.4, -0.2) is 34.2 Å². The topological polar surface area (TPSA) is 75.7 Å². The van der Waals surface area contributed by atoms with E-state index in [1.54, 1.807) is 24.3 Å². The van der Waals surface area contributed by atoms with Gasteiger partial charge in [0, 0.05) is 11.8 Å². The molecule has 0 aromatic heterocycles. The van der Waals surface area contributed by atoms with Gasteiger partial charge in [0.1, 0.15) is 12.3 Å². The summed E-state index contributed by atoms with van der Waals surface area (Å²) in [7, 11) is -2.11. The Morgan fingerprint density at radius 3 is 2.44 bits per heavy atom. The molecule has 6 nitrogen and oxygen atoms in total. The largest absolute Gasteiger partial charge is 0.497 e. The molecule has 0 aliphatic rings. The van der Waals surface area contributed by atoms with Crippen LogP contribution in [0.2, 0.25) is 0 Å². The molecule has 2 rings (SSSR count). The van der Waals surface area contributed by atoms with Gasteiger partial charge in [0.25, 0.3) is 0 Å². The first-order valence-electron chi connectivity index (χ1n) is 8.64. The number of carbonyl (C=O) groups excluding carboxylic acids is 1. The van der Waals surface area contributed by atoms with Gasteiger partial charge >= 0.3 is 0 Å². The molecule has 0 saturated carbocycles. The molecule has 0 bridgehead atoms. The Morgan fingerprint density at radius 2 is 1.85 bits per heavy atom. The standard InChI is InChI=1S/C20H26N2O4S/c1-14(2)18-11-6-8-15(3)20(18)22(27(5,24)25)13-19(23)21-16-9-7-10-17(12-16)26-4/h6-12,14H,13H2,1-5H3,(H,21,23). The Morgan fingerprint density at radius 1 is 1.19 bits per heavy atom. The second kappa shape index (κ2) is 8.43. The van der Waals surface area contributed by atoms with Gasteiger partial charge in [0.15, 0.2) is 0 Å². The fourth-order valence-electron chi connectivity index (χ4n) is 2.88. The van der Waals surface area contributed by atoms with E-state index in [-0.39, 0.29) is 12.5 Å². The maximum absolute atomic E-state index is 12.6. The minimum Gasteiger partial charge on any atom is -0.497 e. The molecule has 0 unspecified atom stereocenters. The highest BCUT2D eigenvalue weighted by molar-refractivity contribution is 7.92. The van der Waals surface area contributed by atoms with Gasteiger partial charge in [-0.2, -0.15) is 0 Å². The van der Waals surface area contributed by atoms with Gasteiger partial charge in [-0.3, -0.25) is 9.10 Å². The van der Waals surface area contributed by atoms with Crippen molar-refractivity contribution in [2.75, 3.05) is 29.5 Å². The zero-order valence-electron chi connectivity index (χ0n) is 16.3. The third kappa shape index (κ3) is 5.23. The van der Waals surface area contributed by atoms with Gasteiger partial charge in [-0.25, -0.2) is 8.42 Å². The normalized spacial score (nSPS) is 11.3. The van der Waals surface area contributed by atoms with Crippen LogP contribution < -0.4 is 14.4 Å². The van der Waals surface area contributed by atoms with E-state index in [0.717, 1.165) is 17.4 Å². The molecule has 0 heterocycles. The number of carbonyl (C=O) groups is 1. The first-order chi connectivity index (χ1) is 12.6. The van der Waals surface area contributed by atoms with E-state index in [9.17, 15) is 13.2 Å². The van der Waals surface area contributed by atoms with Crippen molar-refractivity contribution >= 4 is 27.3 Å². The van der Waals surface area contributed by atoms with Crippen LogP contribution in [0.15, 0.2) is 42.5 Å². The van der Waals surface area contributed by atoms with Crippen LogP contribution in [0.4, 0.5) is 11.4 Å². The second-order valence-electron chi connectivity index (χ2n) is 6.72. The summed E-state index contributed by atoms with van der Waals surface area (Å²) in [4.78, 5) is 12.6. The second-order valence-corrected chi connectivity index (χ2v) is 8.62. The molecule has 27 heavy (non-hydrogen) atoms. The molecular weight excluding hydrogens is 364 g/mol. The maximum Gasteiger partial charge on any atom is 0.245 e. The van der Waals surface area contributed by atoms with Crippen LogP contribution in [0, 0.1) is 6.92 Å². The third-order valence-electron chi connectivity index (χ3n) is 4.18. The number of hydrogen-bond acceptors (Lipinski definition) is 4. The predicted molar refractivity (Wildman–Crippen MR) is 109 cm³/mol. The molecule has 0 fully saturated rings. The van der Waals surface area contributed by atoms with Crippen LogP contribution in [0.5, 0.6) is 5.75 Å². The first kappa shape index (κ1) is 20.8. The van der Waals surface area contributed by atoms with Crippen LogP contribution in [0.1, 0.15) is 30.9 Å². The van der Waals surface area contributed by atoms with Crippen LogP contribution in [-0.2, 0) is 14.8 Å². The summed E-state index contributed by atoms with van der Waals surface area (Å²) in [6.45, 7) is 5.53. The van der Waals surface area contributed by atoms with Crippen molar-refractivity contribution in [3.63, 3.8) is 0 Å². The SMILES string of the molecule is COc1cccc(NC(=O)CN(c2c(C)cccc2C(C)C)S(C)(=O)=O)c1. The molecule has 2 aromatic carbocycles. The number of methoxy groups -OCH3 is 1. The lowest BCUT2D eigenvalue weighted by molar-refractivity contribution is -0.114. The number of sulfonamides is 1. The molecule has 0 aliphatic carbocycles. The first-order valence-corrected chi connectivity index (χ1v) is 10.5. The Bertz CT molecular complexity index is 923. The maximum atomic E-state index is 12.6. The predicted octanol–water partition coefficient (Wildman–Crippen LogP) is 3.53. The smallest absolute Gasteiger partial charge is 0.245 e. The van der Waals surface area contributed by atoms with Crippen molar-refractivity contribution in [3.8, 4) is 5.75 Å². The fourth-order valence-corrected chi connectivity index (χ4v) is 3.81. The Kier molecular flexibility index (Phi) is 6.49. The van der Waals surface area contributed by atoms with E-state index in [4.69, 9.17) is 4.74 Å². The summed E-state index contributed by atoms with van der Waals surface area (Å²) in [5.41, 5.74) is 2.80. The molecule has 0 radical (unpaired) electrons. The third-order valence-corrected chi connectivity index (χ3v) is 5.29. The molecule has 0 spiro atoms. The minimum absolute atomic E-state index is 0.116. The number of aryl methyl sites for hydroxylation is 1. The number of hydrogen-bond donors (Lipinski definition) is 1. The molecule has 1 N–H and O–H groups in total. The quantitative estimate of drug-likeness (QED) is 0.785. The van der Waals surface area contributed by atoms with Gasteiger partial charge in [0.05, 0.1) is 19.1 Å². The zero-order chi connectivity index (χ0) is 20.2. The average Bonchev–Trinajstić information content (AvgIpc) is 2.59. The van der Waals surface area contributed by atoms with E-state index < -0.39 is 15.9 Å². The summed E-state index contributed by atoms with van der Waals surface area (Å²) in [6.07, 6.45) is 1.11.